The summed E-state index contributed by atoms with van der Waals surface area (Å²) in [5.74, 6) is -3.45. The van der Waals surface area contributed by atoms with Crippen LogP contribution in [0.25, 0.3) is 0 Å². The van der Waals surface area contributed by atoms with Crippen LogP contribution in [0.2, 0.25) is 0 Å². The molecule has 0 aromatic heterocycles. The first-order chi connectivity index (χ1) is 9.39. The van der Waals surface area contributed by atoms with Crippen LogP contribution in [0.3, 0.4) is 0 Å². The molecule has 1 N–H and O–H groups in total. The molecule has 1 saturated carbocycles. The Labute approximate surface area is 116 Å². The minimum absolute atomic E-state index is 0.215. The summed E-state index contributed by atoms with van der Waals surface area (Å²) in [4.78, 5) is 11.3. The van der Waals surface area contributed by atoms with Crippen LogP contribution in [0.15, 0.2) is 0 Å². The Hall–Kier alpha value is -0.980. The molecular formula is C9H10F4NO6S-. The smallest absolute Gasteiger partial charge is 0.451 e. The van der Waals surface area contributed by atoms with Gasteiger partial charge in [-0.25, -0.2) is 9.18 Å². The molecule has 0 aromatic carbocycles. The number of hydrogen-bond donors (Lipinski definition) is 1. The van der Waals surface area contributed by atoms with Crippen molar-refractivity contribution in [3.8, 4) is 0 Å². The fourth-order valence-electron chi connectivity index (χ4n) is 2.60. The average Bonchev–Trinajstić information content (AvgIpc) is 2.88. The van der Waals surface area contributed by atoms with Gasteiger partial charge in [-0.3, -0.25) is 4.55 Å². The molecule has 0 spiro atoms. The van der Waals surface area contributed by atoms with Crippen molar-refractivity contribution in [1.29, 1.82) is 0 Å². The Morgan fingerprint density at radius 3 is 2.24 bits per heavy atom. The molecule has 0 amide bonds. The molecule has 1 heterocycles. The van der Waals surface area contributed by atoms with Gasteiger partial charge in [0, 0.05) is 12.0 Å². The summed E-state index contributed by atoms with van der Waals surface area (Å²) in [7, 11) is -6.48. The van der Waals surface area contributed by atoms with Crippen LogP contribution in [0.4, 0.5) is 17.6 Å². The molecule has 21 heavy (non-hydrogen) atoms. The van der Waals surface area contributed by atoms with E-state index < -0.39 is 45.5 Å². The Kier molecular flexibility index (Phi) is 3.72. The maximum Gasteiger partial charge on any atom is 0.451 e. The molecule has 4 atom stereocenters. The number of ether oxygens (including phenoxy) is 1. The van der Waals surface area contributed by atoms with Crippen LogP contribution in [0.5, 0.6) is 0 Å². The maximum absolute atomic E-state index is 13.7. The fraction of sp³-hybridized carbons (Fsp3) is 0.889. The van der Waals surface area contributed by atoms with E-state index in [2.05, 4.69) is 4.74 Å². The lowest BCUT2D eigenvalue weighted by Gasteiger charge is -2.40. The second kappa shape index (κ2) is 4.76. The van der Waals surface area contributed by atoms with Crippen molar-refractivity contribution >= 4 is 16.1 Å². The van der Waals surface area contributed by atoms with E-state index in [1.807, 2.05) is 0 Å². The number of hydrogen-bond acceptors (Lipinski definition) is 6. The zero-order chi connectivity index (χ0) is 16.2. The molecule has 7 nitrogen and oxygen atoms in total. The van der Waals surface area contributed by atoms with Gasteiger partial charge >= 0.3 is 27.3 Å². The van der Waals surface area contributed by atoms with Crippen LogP contribution < -0.4 is 0 Å². The molecule has 122 valence electrons. The van der Waals surface area contributed by atoms with Crippen molar-refractivity contribution in [1.82, 2.24) is 5.06 Å². The van der Waals surface area contributed by atoms with Crippen molar-refractivity contribution in [3.63, 3.8) is 0 Å². The third kappa shape index (κ3) is 2.39. The first-order valence-electron chi connectivity index (χ1n) is 5.79. The molecule has 0 radical (unpaired) electrons. The number of esters is 1. The van der Waals surface area contributed by atoms with E-state index in [4.69, 9.17) is 4.55 Å². The minimum Gasteiger partial charge on any atom is -0.782 e. The summed E-state index contributed by atoms with van der Waals surface area (Å²) >= 11 is 0. The predicted octanol–water partition coefficient (Wildman–Crippen LogP) is 0.954. The van der Waals surface area contributed by atoms with Gasteiger partial charge in [0.05, 0.1) is 0 Å². The lowest BCUT2D eigenvalue weighted by atomic mass is 10.1. The van der Waals surface area contributed by atoms with Gasteiger partial charge in [0.1, 0.15) is 6.23 Å². The molecule has 4 unspecified atom stereocenters. The number of alkyl halides is 4. The second-order valence-corrected chi connectivity index (χ2v) is 6.46. The normalized spacial score (nSPS) is 33.0. The van der Waals surface area contributed by atoms with Gasteiger partial charge in [0.15, 0.2) is 0 Å². The second-order valence-electron chi connectivity index (χ2n) is 4.95. The van der Waals surface area contributed by atoms with E-state index in [0.717, 1.165) is 0 Å². The molecule has 1 aliphatic carbocycles. The number of hydroxylamine groups is 2. The van der Waals surface area contributed by atoms with Crippen LogP contribution in [-0.2, 0) is 19.6 Å². The van der Waals surface area contributed by atoms with Gasteiger partial charge < -0.3 is 15.0 Å². The summed E-state index contributed by atoms with van der Waals surface area (Å²) in [5.41, 5.74) is 0. The Morgan fingerprint density at radius 2 is 1.86 bits per heavy atom. The Balaban J connectivity index is 2.25. The fourth-order valence-corrected chi connectivity index (χ4v) is 3.15. The standard InChI is InChI=1S/C9H10F4NO6S/c10-8(9(11,12)13,21(17,18)19)7(15)20-6-4-1-2-5(3-4)14(6)16/h4-6H,1-3H2,(H,17,18,19)/q-1. The topological polar surface area (TPSA) is 107 Å². The lowest BCUT2D eigenvalue weighted by Crippen LogP contribution is -2.56. The Bertz CT molecular complexity index is 549. The molecular weight excluding hydrogens is 326 g/mol. The van der Waals surface area contributed by atoms with Crippen molar-refractivity contribution in [2.45, 2.75) is 42.7 Å². The van der Waals surface area contributed by atoms with E-state index in [0.29, 0.717) is 12.8 Å². The molecule has 1 aliphatic heterocycles. The third-order valence-corrected chi connectivity index (χ3v) is 4.78. The number of nitrogens with zero attached hydrogens (tertiary/aromatic N) is 1. The lowest BCUT2D eigenvalue weighted by molar-refractivity contribution is -0.223. The number of carbonyl (C=O) groups is 1. The zero-order valence-corrected chi connectivity index (χ0v) is 11.0. The number of piperidine rings is 1. The first-order valence-corrected chi connectivity index (χ1v) is 7.23. The summed E-state index contributed by atoms with van der Waals surface area (Å²) < 4.78 is 84.9. The highest BCUT2D eigenvalue weighted by molar-refractivity contribution is 7.88. The van der Waals surface area contributed by atoms with Gasteiger partial charge in [0.2, 0.25) is 0 Å². The van der Waals surface area contributed by atoms with Gasteiger partial charge in [0.25, 0.3) is 0 Å². The van der Waals surface area contributed by atoms with Crippen molar-refractivity contribution < 1.29 is 40.1 Å². The molecule has 12 heteroatoms. The highest BCUT2D eigenvalue weighted by atomic mass is 32.2. The molecule has 2 aliphatic rings. The highest BCUT2D eigenvalue weighted by Gasteiger charge is 2.73. The van der Waals surface area contributed by atoms with Gasteiger partial charge in [-0.2, -0.15) is 21.6 Å². The number of carbonyl (C=O) groups excluding carboxylic acids is 1. The van der Waals surface area contributed by atoms with Crippen LogP contribution in [0.1, 0.15) is 19.3 Å². The van der Waals surface area contributed by atoms with E-state index in [1.165, 1.54) is 0 Å². The minimum atomic E-state index is -6.48. The predicted molar refractivity (Wildman–Crippen MR) is 57.7 cm³/mol. The van der Waals surface area contributed by atoms with E-state index in [1.54, 1.807) is 0 Å². The zero-order valence-electron chi connectivity index (χ0n) is 10.2. The van der Waals surface area contributed by atoms with Gasteiger partial charge in [-0.1, -0.05) is 0 Å². The van der Waals surface area contributed by atoms with Gasteiger partial charge in [-0.15, -0.1) is 0 Å². The summed E-state index contributed by atoms with van der Waals surface area (Å²) in [6.45, 7) is 0. The van der Waals surface area contributed by atoms with Crippen molar-refractivity contribution in [3.05, 3.63) is 5.21 Å². The molecule has 1 saturated heterocycles. The summed E-state index contributed by atoms with van der Waals surface area (Å²) in [6.07, 6.45) is -6.82. The molecule has 2 fully saturated rings. The maximum atomic E-state index is 13.7. The van der Waals surface area contributed by atoms with Crippen LogP contribution in [0, 0.1) is 11.1 Å². The van der Waals surface area contributed by atoms with E-state index in [9.17, 15) is 36.0 Å². The van der Waals surface area contributed by atoms with Gasteiger partial charge in [-0.05, 0) is 19.3 Å². The third-order valence-electron chi connectivity index (χ3n) is 3.67. The molecule has 0 aromatic rings. The summed E-state index contributed by atoms with van der Waals surface area (Å²) in [6, 6.07) is -0.557. The quantitative estimate of drug-likeness (QED) is 0.464. The molecule has 2 bridgehead atoms. The Morgan fingerprint density at radius 1 is 1.29 bits per heavy atom. The largest absolute Gasteiger partial charge is 0.782 e. The summed E-state index contributed by atoms with van der Waals surface area (Å²) in [5, 5.41) is 6.15. The van der Waals surface area contributed by atoms with E-state index >= 15 is 0 Å². The molecule has 2 rings (SSSR count). The van der Waals surface area contributed by atoms with Crippen molar-refractivity contribution in [2.75, 3.05) is 0 Å². The average molecular weight is 336 g/mol. The van der Waals surface area contributed by atoms with E-state index in [-0.39, 0.29) is 11.5 Å². The first kappa shape index (κ1) is 16.4. The SMILES string of the molecule is O=C(OC1C2CCC(C2)N1[O-])C(F)(C(F)(F)F)S(=O)(=O)O. The number of halogens is 4. The van der Waals surface area contributed by atoms with Crippen molar-refractivity contribution in [2.24, 2.45) is 5.92 Å². The highest BCUT2D eigenvalue weighted by Crippen LogP contribution is 2.44. The number of rotatable bonds is 3. The van der Waals surface area contributed by atoms with Crippen LogP contribution in [-0.4, -0.2) is 47.4 Å². The number of fused-ring (bicyclic) bond motifs is 2. The van der Waals surface area contributed by atoms with Crippen LogP contribution >= 0.6 is 0 Å². The monoisotopic (exact) mass is 336 g/mol.